The molecule has 0 saturated heterocycles. The van der Waals surface area contributed by atoms with Crippen molar-refractivity contribution in [3.05, 3.63) is 11.4 Å². The highest BCUT2D eigenvalue weighted by atomic mass is 16.5. The summed E-state index contributed by atoms with van der Waals surface area (Å²) >= 11 is 0. The second-order valence-electron chi connectivity index (χ2n) is 4.34. The molecule has 1 fully saturated rings. The predicted molar refractivity (Wildman–Crippen MR) is 68.1 cm³/mol. The van der Waals surface area contributed by atoms with Crippen molar-refractivity contribution >= 4 is 11.6 Å². The van der Waals surface area contributed by atoms with Gasteiger partial charge in [-0.3, -0.25) is 0 Å². The Kier molecular flexibility index (Phi) is 3.78. The molecule has 1 aromatic heterocycles. The molecule has 0 unspecified atom stereocenters. The quantitative estimate of drug-likeness (QED) is 0.735. The molecule has 1 aromatic rings. The third kappa shape index (κ3) is 3.06. The van der Waals surface area contributed by atoms with Crippen molar-refractivity contribution < 1.29 is 4.74 Å². The first kappa shape index (κ1) is 12.1. The van der Waals surface area contributed by atoms with Gasteiger partial charge in [0.15, 0.2) is 0 Å². The number of hydrogen-bond acceptors (Lipinski definition) is 5. The van der Waals surface area contributed by atoms with Gasteiger partial charge in [-0.05, 0) is 26.7 Å². The number of anilines is 2. The molecule has 3 N–H and O–H groups in total. The van der Waals surface area contributed by atoms with Crippen molar-refractivity contribution in [1.29, 1.82) is 0 Å². The van der Waals surface area contributed by atoms with Crippen LogP contribution in [-0.4, -0.2) is 29.7 Å². The van der Waals surface area contributed by atoms with Crippen LogP contribution in [0.15, 0.2) is 0 Å². The highest BCUT2D eigenvalue weighted by Crippen LogP contribution is 2.39. The minimum atomic E-state index is 0.519. The van der Waals surface area contributed by atoms with Crippen molar-refractivity contribution in [1.82, 2.24) is 9.97 Å². The van der Waals surface area contributed by atoms with Crippen LogP contribution in [0.2, 0.25) is 0 Å². The highest BCUT2D eigenvalue weighted by molar-refractivity contribution is 5.55. The van der Waals surface area contributed by atoms with Crippen LogP contribution in [-0.2, 0) is 4.74 Å². The lowest BCUT2D eigenvalue weighted by Crippen LogP contribution is -2.13. The van der Waals surface area contributed by atoms with E-state index in [9.17, 15) is 0 Å². The molecule has 0 bridgehead atoms. The average molecular weight is 236 g/mol. The molecule has 1 aliphatic carbocycles. The Balaban J connectivity index is 2.03. The summed E-state index contributed by atoms with van der Waals surface area (Å²) in [5.74, 6) is 2.83. The van der Waals surface area contributed by atoms with Gasteiger partial charge in [-0.25, -0.2) is 9.97 Å². The number of ether oxygens (including phenoxy) is 1. The second-order valence-corrected chi connectivity index (χ2v) is 4.34. The van der Waals surface area contributed by atoms with E-state index in [4.69, 9.17) is 10.5 Å². The van der Waals surface area contributed by atoms with Crippen LogP contribution in [0.5, 0.6) is 0 Å². The fourth-order valence-electron chi connectivity index (χ4n) is 1.63. The van der Waals surface area contributed by atoms with Crippen LogP contribution in [0.4, 0.5) is 11.6 Å². The number of aromatic nitrogens is 2. The molecule has 0 amide bonds. The normalized spacial score (nSPS) is 14.9. The van der Waals surface area contributed by atoms with E-state index in [2.05, 4.69) is 15.3 Å². The first-order valence-electron chi connectivity index (χ1n) is 6.18. The highest BCUT2D eigenvalue weighted by Gasteiger charge is 2.27. The molecule has 0 radical (unpaired) electrons. The van der Waals surface area contributed by atoms with E-state index in [0.717, 1.165) is 30.4 Å². The molecular formula is C12H20N4O. The van der Waals surface area contributed by atoms with Crippen molar-refractivity contribution in [2.24, 2.45) is 0 Å². The molecule has 1 aliphatic rings. The Labute approximate surface area is 102 Å². The third-order valence-corrected chi connectivity index (χ3v) is 2.89. The second kappa shape index (κ2) is 5.31. The number of hydrogen-bond donors (Lipinski definition) is 2. The lowest BCUT2D eigenvalue weighted by atomic mass is 10.3. The van der Waals surface area contributed by atoms with Crippen molar-refractivity contribution in [3.8, 4) is 0 Å². The molecule has 94 valence electrons. The van der Waals surface area contributed by atoms with Gasteiger partial charge in [0.2, 0.25) is 0 Å². The van der Waals surface area contributed by atoms with Crippen molar-refractivity contribution in [3.63, 3.8) is 0 Å². The summed E-state index contributed by atoms with van der Waals surface area (Å²) in [5.41, 5.74) is 6.82. The molecule has 5 heteroatoms. The lowest BCUT2D eigenvalue weighted by molar-refractivity contribution is 0.158. The van der Waals surface area contributed by atoms with E-state index >= 15 is 0 Å². The topological polar surface area (TPSA) is 73.1 Å². The maximum Gasteiger partial charge on any atom is 0.136 e. The van der Waals surface area contributed by atoms with Gasteiger partial charge in [0.25, 0.3) is 0 Å². The number of rotatable bonds is 6. The first-order chi connectivity index (χ1) is 8.22. The average Bonchev–Trinajstić information content (AvgIpc) is 3.13. The van der Waals surface area contributed by atoms with Crippen LogP contribution in [0, 0.1) is 6.92 Å². The van der Waals surface area contributed by atoms with Crippen LogP contribution in [0.1, 0.15) is 37.1 Å². The van der Waals surface area contributed by atoms with Gasteiger partial charge >= 0.3 is 0 Å². The summed E-state index contributed by atoms with van der Waals surface area (Å²) in [4.78, 5) is 8.87. The zero-order valence-corrected chi connectivity index (χ0v) is 10.5. The Morgan fingerprint density at radius 1 is 1.41 bits per heavy atom. The van der Waals surface area contributed by atoms with Crippen LogP contribution in [0.3, 0.4) is 0 Å². The Hall–Kier alpha value is -1.36. The van der Waals surface area contributed by atoms with Gasteiger partial charge < -0.3 is 15.8 Å². The molecule has 1 heterocycles. The molecule has 0 spiro atoms. The summed E-state index contributed by atoms with van der Waals surface area (Å²) in [6.45, 7) is 6.09. The maximum atomic E-state index is 5.90. The summed E-state index contributed by atoms with van der Waals surface area (Å²) in [6.07, 6.45) is 2.36. The van der Waals surface area contributed by atoms with E-state index < -0.39 is 0 Å². The zero-order valence-electron chi connectivity index (χ0n) is 10.5. The summed E-state index contributed by atoms with van der Waals surface area (Å²) < 4.78 is 5.28. The minimum Gasteiger partial charge on any atom is -0.383 e. The van der Waals surface area contributed by atoms with Gasteiger partial charge in [-0.15, -0.1) is 0 Å². The van der Waals surface area contributed by atoms with Gasteiger partial charge in [0, 0.05) is 24.6 Å². The van der Waals surface area contributed by atoms with Gasteiger partial charge in [0.05, 0.1) is 6.61 Å². The predicted octanol–water partition coefficient (Wildman–Crippen LogP) is 1.69. The molecule has 1 saturated carbocycles. The summed E-state index contributed by atoms with van der Waals surface area (Å²) in [6, 6.07) is 0. The van der Waals surface area contributed by atoms with Crippen LogP contribution < -0.4 is 11.1 Å². The van der Waals surface area contributed by atoms with E-state index in [1.807, 2.05) is 13.8 Å². The van der Waals surface area contributed by atoms with E-state index in [1.165, 1.54) is 12.8 Å². The number of nitrogens with one attached hydrogen (secondary N) is 1. The number of nitrogens with two attached hydrogens (primary N) is 1. The fraction of sp³-hybridized carbons (Fsp3) is 0.667. The maximum absolute atomic E-state index is 5.90. The molecule has 2 rings (SSSR count). The van der Waals surface area contributed by atoms with Gasteiger partial charge in [-0.1, -0.05) is 0 Å². The molecule has 0 atom stereocenters. The Morgan fingerprint density at radius 2 is 2.18 bits per heavy atom. The van der Waals surface area contributed by atoms with E-state index in [-0.39, 0.29) is 0 Å². The van der Waals surface area contributed by atoms with Crippen LogP contribution in [0.25, 0.3) is 0 Å². The van der Waals surface area contributed by atoms with Crippen molar-refractivity contribution in [2.45, 2.75) is 32.6 Å². The van der Waals surface area contributed by atoms with Crippen molar-refractivity contribution in [2.75, 3.05) is 30.8 Å². The first-order valence-corrected chi connectivity index (χ1v) is 6.18. The van der Waals surface area contributed by atoms with Gasteiger partial charge in [-0.2, -0.15) is 0 Å². The molecule has 5 nitrogen and oxygen atoms in total. The zero-order chi connectivity index (χ0) is 12.3. The smallest absolute Gasteiger partial charge is 0.136 e. The molecule has 0 aromatic carbocycles. The monoisotopic (exact) mass is 236 g/mol. The van der Waals surface area contributed by atoms with E-state index in [0.29, 0.717) is 18.3 Å². The fourth-order valence-corrected chi connectivity index (χ4v) is 1.63. The van der Waals surface area contributed by atoms with Crippen LogP contribution >= 0.6 is 0 Å². The summed E-state index contributed by atoms with van der Waals surface area (Å²) in [5, 5.41) is 3.26. The molecular weight excluding hydrogens is 216 g/mol. The SMILES string of the molecule is CCOCCNc1nc(C2CC2)nc(N)c1C. The number of nitrogens with zero attached hydrogens (tertiary/aromatic N) is 2. The Morgan fingerprint density at radius 3 is 2.82 bits per heavy atom. The third-order valence-electron chi connectivity index (χ3n) is 2.89. The summed E-state index contributed by atoms with van der Waals surface area (Å²) in [7, 11) is 0. The standard InChI is InChI=1S/C12H20N4O/c1-3-17-7-6-14-11-8(2)10(13)15-12(16-11)9-4-5-9/h9H,3-7H2,1-2H3,(H3,13,14,15,16). The Bertz CT molecular complexity index is 390. The lowest BCUT2D eigenvalue weighted by Gasteiger charge is -2.11. The van der Waals surface area contributed by atoms with Gasteiger partial charge in [0.1, 0.15) is 17.5 Å². The number of nitrogen functional groups attached to an aromatic ring is 1. The minimum absolute atomic E-state index is 0.519. The molecule has 17 heavy (non-hydrogen) atoms. The van der Waals surface area contributed by atoms with E-state index in [1.54, 1.807) is 0 Å². The molecule has 0 aliphatic heterocycles. The largest absolute Gasteiger partial charge is 0.383 e.